The second kappa shape index (κ2) is 9.65. The highest BCUT2D eigenvalue weighted by atomic mass is 16.7. The summed E-state index contributed by atoms with van der Waals surface area (Å²) in [6.45, 7) is 2.56. The molecule has 0 aromatic carbocycles. The minimum Gasteiger partial charge on any atom is -0.394 e. The van der Waals surface area contributed by atoms with E-state index in [4.69, 9.17) is 14.6 Å². The van der Waals surface area contributed by atoms with Crippen LogP contribution in [0.1, 0.15) is 19.8 Å². The molecule has 0 aromatic heterocycles. The maximum absolute atomic E-state index is 9.84. The van der Waals surface area contributed by atoms with Crippen molar-refractivity contribution in [2.75, 3.05) is 26.3 Å². The van der Waals surface area contributed by atoms with Gasteiger partial charge in [0.25, 0.3) is 0 Å². The van der Waals surface area contributed by atoms with Crippen molar-refractivity contribution in [3.8, 4) is 0 Å². The number of unbranched alkanes of at least 4 members (excludes halogenated alkanes) is 1. The van der Waals surface area contributed by atoms with Crippen LogP contribution in [0.2, 0.25) is 0 Å². The Morgan fingerprint density at radius 3 is 2.57 bits per heavy atom. The Morgan fingerprint density at radius 1 is 1.24 bits per heavy atom. The molecule has 6 atom stereocenters. The molecule has 0 radical (unpaired) electrons. The Labute approximate surface area is 124 Å². The summed E-state index contributed by atoms with van der Waals surface area (Å²) in [6.07, 6.45) is -5.19. The van der Waals surface area contributed by atoms with Gasteiger partial charge in [-0.15, -0.1) is 0 Å². The first-order chi connectivity index (χ1) is 10.0. The molecule has 0 spiro atoms. The van der Waals surface area contributed by atoms with Crippen molar-refractivity contribution in [3.63, 3.8) is 0 Å². The van der Waals surface area contributed by atoms with Gasteiger partial charge in [-0.05, 0) is 13.0 Å². The summed E-state index contributed by atoms with van der Waals surface area (Å²) in [5.74, 6) is 0. The summed E-state index contributed by atoms with van der Waals surface area (Å²) in [6, 6.07) is 0. The number of aliphatic hydroxyl groups excluding tert-OH is 5. The van der Waals surface area contributed by atoms with Crippen LogP contribution in [0.4, 0.5) is 0 Å². The molecule has 1 aliphatic heterocycles. The monoisotopic (exact) mass is 309 g/mol. The summed E-state index contributed by atoms with van der Waals surface area (Å²) in [7, 11) is 0. The van der Waals surface area contributed by atoms with Gasteiger partial charge in [-0.25, -0.2) is 0 Å². The summed E-state index contributed by atoms with van der Waals surface area (Å²) in [4.78, 5) is 0. The maximum atomic E-state index is 9.84. The first-order valence-electron chi connectivity index (χ1n) is 7.32. The van der Waals surface area contributed by atoms with E-state index in [9.17, 15) is 20.4 Å². The van der Waals surface area contributed by atoms with Crippen LogP contribution in [0.15, 0.2) is 0 Å². The second-order valence-electron chi connectivity index (χ2n) is 5.24. The van der Waals surface area contributed by atoms with E-state index in [1.165, 1.54) is 0 Å². The Hall–Kier alpha value is -0.320. The Balaban J connectivity index is 2.33. The van der Waals surface area contributed by atoms with Gasteiger partial charge in [0.15, 0.2) is 6.29 Å². The van der Waals surface area contributed by atoms with Crippen molar-refractivity contribution >= 4 is 0 Å². The van der Waals surface area contributed by atoms with Crippen molar-refractivity contribution < 1.29 is 35.0 Å². The molecule has 0 bridgehead atoms. The molecule has 0 amide bonds. The standard InChI is InChI=1S/C13H27NO7/c1-2-3-4-14-5-8(16)7-20-12-11(18)10(17)9(6-15)21-13(12)19/h8-19H,2-7H2,1H3/t8?,9-,10-,11+,12-,13-/m1/s1. The van der Waals surface area contributed by atoms with Crippen molar-refractivity contribution in [2.45, 2.75) is 56.6 Å². The molecule has 0 aliphatic carbocycles. The highest BCUT2D eigenvalue weighted by molar-refractivity contribution is 4.89. The third kappa shape index (κ3) is 5.76. The predicted molar refractivity (Wildman–Crippen MR) is 73.5 cm³/mol. The zero-order chi connectivity index (χ0) is 15.8. The molecular weight excluding hydrogens is 282 g/mol. The molecule has 21 heavy (non-hydrogen) atoms. The molecule has 8 heteroatoms. The molecule has 0 saturated carbocycles. The predicted octanol–water partition coefficient (Wildman–Crippen LogP) is -2.45. The largest absolute Gasteiger partial charge is 0.394 e. The van der Waals surface area contributed by atoms with Crippen molar-refractivity contribution in [2.24, 2.45) is 0 Å². The lowest BCUT2D eigenvalue weighted by atomic mass is 9.99. The smallest absolute Gasteiger partial charge is 0.184 e. The zero-order valence-electron chi connectivity index (χ0n) is 12.3. The number of hydrogen-bond donors (Lipinski definition) is 6. The molecule has 1 unspecified atom stereocenters. The van der Waals surface area contributed by atoms with Crippen LogP contribution in [0.3, 0.4) is 0 Å². The Bertz CT molecular complexity index is 281. The average molecular weight is 309 g/mol. The normalized spacial score (nSPS) is 34.9. The van der Waals surface area contributed by atoms with Gasteiger partial charge in [-0.3, -0.25) is 0 Å². The lowest BCUT2D eigenvalue weighted by molar-refractivity contribution is -0.298. The molecule has 126 valence electrons. The van der Waals surface area contributed by atoms with Gasteiger partial charge < -0.3 is 40.3 Å². The topological polar surface area (TPSA) is 132 Å². The molecule has 1 heterocycles. The highest BCUT2D eigenvalue weighted by Crippen LogP contribution is 2.22. The van der Waals surface area contributed by atoms with Crippen molar-refractivity contribution in [1.82, 2.24) is 5.32 Å². The fourth-order valence-corrected chi connectivity index (χ4v) is 2.10. The van der Waals surface area contributed by atoms with Crippen LogP contribution in [0.25, 0.3) is 0 Å². The Morgan fingerprint density at radius 2 is 1.95 bits per heavy atom. The van der Waals surface area contributed by atoms with Gasteiger partial charge in [-0.2, -0.15) is 0 Å². The van der Waals surface area contributed by atoms with Gasteiger partial charge in [-0.1, -0.05) is 13.3 Å². The zero-order valence-corrected chi connectivity index (χ0v) is 12.3. The van der Waals surface area contributed by atoms with Gasteiger partial charge in [0.1, 0.15) is 24.4 Å². The average Bonchev–Trinajstić information content (AvgIpc) is 2.47. The van der Waals surface area contributed by atoms with Gasteiger partial charge in [0.2, 0.25) is 0 Å². The number of aliphatic hydroxyl groups is 5. The SMILES string of the molecule is CCCCNCC(O)CO[C@@H]1[C@@H](O)[C@H](O)[C@@H](CO)O[C@H]1O. The van der Waals surface area contributed by atoms with E-state index < -0.39 is 43.4 Å². The molecule has 6 N–H and O–H groups in total. The number of hydrogen-bond acceptors (Lipinski definition) is 8. The van der Waals surface area contributed by atoms with E-state index in [-0.39, 0.29) is 6.61 Å². The van der Waals surface area contributed by atoms with E-state index in [0.29, 0.717) is 6.54 Å². The quantitative estimate of drug-likeness (QED) is 0.259. The van der Waals surface area contributed by atoms with Gasteiger partial charge >= 0.3 is 0 Å². The lowest BCUT2D eigenvalue weighted by Crippen LogP contribution is -2.59. The number of nitrogens with one attached hydrogen (secondary N) is 1. The first kappa shape index (κ1) is 18.7. The van der Waals surface area contributed by atoms with Crippen LogP contribution in [0, 0.1) is 0 Å². The van der Waals surface area contributed by atoms with E-state index in [2.05, 4.69) is 12.2 Å². The van der Waals surface area contributed by atoms with Crippen LogP contribution < -0.4 is 5.32 Å². The third-order valence-corrected chi connectivity index (χ3v) is 3.41. The third-order valence-electron chi connectivity index (χ3n) is 3.41. The maximum Gasteiger partial charge on any atom is 0.184 e. The fourth-order valence-electron chi connectivity index (χ4n) is 2.10. The summed E-state index contributed by atoms with van der Waals surface area (Å²) in [5, 5.41) is 50.9. The van der Waals surface area contributed by atoms with Gasteiger partial charge in [0.05, 0.1) is 19.3 Å². The summed E-state index contributed by atoms with van der Waals surface area (Å²) < 4.78 is 10.2. The van der Waals surface area contributed by atoms with E-state index in [1.54, 1.807) is 0 Å². The van der Waals surface area contributed by atoms with Gasteiger partial charge in [0, 0.05) is 6.54 Å². The molecule has 1 fully saturated rings. The minimum absolute atomic E-state index is 0.113. The van der Waals surface area contributed by atoms with Crippen LogP contribution >= 0.6 is 0 Å². The second-order valence-corrected chi connectivity index (χ2v) is 5.24. The lowest BCUT2D eigenvalue weighted by Gasteiger charge is -2.40. The van der Waals surface area contributed by atoms with E-state index in [1.807, 2.05) is 0 Å². The minimum atomic E-state index is -1.47. The first-order valence-corrected chi connectivity index (χ1v) is 7.32. The Kier molecular flexibility index (Phi) is 8.60. The van der Waals surface area contributed by atoms with Crippen molar-refractivity contribution in [1.29, 1.82) is 0 Å². The molecule has 0 aromatic rings. The highest BCUT2D eigenvalue weighted by Gasteiger charge is 2.44. The van der Waals surface area contributed by atoms with Crippen molar-refractivity contribution in [3.05, 3.63) is 0 Å². The number of ether oxygens (including phenoxy) is 2. The number of rotatable bonds is 9. The molecule has 8 nitrogen and oxygen atoms in total. The van der Waals surface area contributed by atoms with Crippen LogP contribution in [-0.4, -0.2) is 88.6 Å². The molecule has 1 saturated heterocycles. The molecular formula is C13H27NO7. The van der Waals surface area contributed by atoms with E-state index >= 15 is 0 Å². The van der Waals surface area contributed by atoms with Crippen LogP contribution in [-0.2, 0) is 9.47 Å². The fraction of sp³-hybridized carbons (Fsp3) is 1.00. The summed E-state index contributed by atoms with van der Waals surface area (Å²) >= 11 is 0. The van der Waals surface area contributed by atoms with Crippen LogP contribution in [0.5, 0.6) is 0 Å². The molecule has 1 aliphatic rings. The molecule has 1 rings (SSSR count). The summed E-state index contributed by atoms with van der Waals surface area (Å²) in [5.41, 5.74) is 0. The van der Waals surface area contributed by atoms with E-state index in [0.717, 1.165) is 19.4 Å².